The van der Waals surface area contributed by atoms with Crippen molar-refractivity contribution in [2.45, 2.75) is 6.42 Å². The Kier molecular flexibility index (Phi) is 3.61. The molecule has 96 valence electrons. The molecule has 0 radical (unpaired) electrons. The molecular weight excluding hydrogens is 244 g/mol. The summed E-state index contributed by atoms with van der Waals surface area (Å²) in [6.45, 7) is 0. The topological polar surface area (TPSA) is 74.6 Å². The van der Waals surface area contributed by atoms with Crippen molar-refractivity contribution in [3.05, 3.63) is 59.7 Å². The van der Waals surface area contributed by atoms with Crippen molar-refractivity contribution >= 4 is 22.7 Å². The third kappa shape index (κ3) is 2.80. The van der Waals surface area contributed by atoms with Crippen molar-refractivity contribution in [1.29, 1.82) is 0 Å². The molecule has 0 spiro atoms. The van der Waals surface area contributed by atoms with Gasteiger partial charge < -0.3 is 10.2 Å². The summed E-state index contributed by atoms with van der Waals surface area (Å²) in [5.74, 6) is -2.85. The molecule has 19 heavy (non-hydrogen) atoms. The Bertz CT molecular complexity index is 649. The van der Waals surface area contributed by atoms with Gasteiger partial charge in [0, 0.05) is 0 Å². The van der Waals surface area contributed by atoms with Gasteiger partial charge in [0.2, 0.25) is 0 Å². The van der Waals surface area contributed by atoms with Gasteiger partial charge in [-0.15, -0.1) is 0 Å². The fourth-order valence-corrected chi connectivity index (χ4v) is 1.95. The number of hydrogen-bond donors (Lipinski definition) is 2. The van der Waals surface area contributed by atoms with E-state index in [0.29, 0.717) is 0 Å². The maximum absolute atomic E-state index is 10.8. The second kappa shape index (κ2) is 5.35. The summed E-state index contributed by atoms with van der Waals surface area (Å²) in [4.78, 5) is 21.6. The van der Waals surface area contributed by atoms with Crippen molar-refractivity contribution < 1.29 is 19.8 Å². The van der Waals surface area contributed by atoms with Crippen LogP contribution in [-0.2, 0) is 16.0 Å². The molecule has 2 aromatic rings. The highest BCUT2D eigenvalue weighted by Gasteiger charge is 2.15. The lowest BCUT2D eigenvalue weighted by Gasteiger charge is -2.04. The number of benzene rings is 2. The van der Waals surface area contributed by atoms with Gasteiger partial charge in [0.25, 0.3) is 0 Å². The number of aliphatic carboxylic acids is 2. The van der Waals surface area contributed by atoms with Crippen molar-refractivity contribution in [3.63, 3.8) is 0 Å². The van der Waals surface area contributed by atoms with E-state index in [4.69, 9.17) is 10.2 Å². The summed E-state index contributed by atoms with van der Waals surface area (Å²) in [6, 6.07) is 13.4. The standard InChI is InChI=1S/C15H12O4/c16-14(17)13(15(18)19)9-8-11-6-3-5-10-4-1-2-7-12(10)11/h1-7,9H,8H2,(H,16,17)(H,18,19). The minimum absolute atomic E-state index is 0.273. The summed E-state index contributed by atoms with van der Waals surface area (Å²) < 4.78 is 0. The largest absolute Gasteiger partial charge is 0.477 e. The van der Waals surface area contributed by atoms with E-state index in [1.807, 2.05) is 42.5 Å². The third-order valence-electron chi connectivity index (χ3n) is 2.87. The molecule has 4 heteroatoms. The monoisotopic (exact) mass is 256 g/mol. The van der Waals surface area contributed by atoms with Gasteiger partial charge in [0.1, 0.15) is 5.57 Å². The van der Waals surface area contributed by atoms with Crippen molar-refractivity contribution in [2.24, 2.45) is 0 Å². The molecule has 0 aromatic heterocycles. The average molecular weight is 256 g/mol. The highest BCUT2D eigenvalue weighted by molar-refractivity contribution is 6.12. The lowest BCUT2D eigenvalue weighted by Crippen LogP contribution is -2.11. The van der Waals surface area contributed by atoms with Crippen LogP contribution < -0.4 is 0 Å². The second-order valence-corrected chi connectivity index (χ2v) is 4.07. The molecule has 0 fully saturated rings. The summed E-state index contributed by atoms with van der Waals surface area (Å²) in [5.41, 5.74) is 0.297. The van der Waals surface area contributed by atoms with Gasteiger partial charge in [-0.3, -0.25) is 0 Å². The van der Waals surface area contributed by atoms with Gasteiger partial charge in [-0.2, -0.15) is 0 Å². The number of rotatable bonds is 4. The van der Waals surface area contributed by atoms with Crippen LogP contribution in [0.25, 0.3) is 10.8 Å². The number of allylic oxidation sites excluding steroid dienone is 1. The molecule has 0 saturated carbocycles. The summed E-state index contributed by atoms with van der Waals surface area (Å²) in [6.07, 6.45) is 1.50. The minimum atomic E-state index is -1.42. The molecule has 0 atom stereocenters. The van der Waals surface area contributed by atoms with E-state index in [0.717, 1.165) is 16.3 Å². The molecular formula is C15H12O4. The maximum atomic E-state index is 10.8. The first kappa shape index (κ1) is 12.8. The molecule has 4 nitrogen and oxygen atoms in total. The molecule has 2 aromatic carbocycles. The third-order valence-corrected chi connectivity index (χ3v) is 2.87. The zero-order valence-corrected chi connectivity index (χ0v) is 10.0. The minimum Gasteiger partial charge on any atom is -0.477 e. The van der Waals surface area contributed by atoms with Gasteiger partial charge >= 0.3 is 11.9 Å². The zero-order chi connectivity index (χ0) is 13.8. The van der Waals surface area contributed by atoms with E-state index >= 15 is 0 Å². The van der Waals surface area contributed by atoms with E-state index in [-0.39, 0.29) is 6.42 Å². The number of carboxylic acid groups (broad SMARTS) is 2. The van der Waals surface area contributed by atoms with E-state index in [9.17, 15) is 9.59 Å². The van der Waals surface area contributed by atoms with Crippen LogP contribution in [0.4, 0.5) is 0 Å². The van der Waals surface area contributed by atoms with Crippen LogP contribution >= 0.6 is 0 Å². The first-order valence-corrected chi connectivity index (χ1v) is 5.73. The van der Waals surface area contributed by atoms with Crippen molar-refractivity contribution in [1.82, 2.24) is 0 Å². The van der Waals surface area contributed by atoms with Gasteiger partial charge in [-0.25, -0.2) is 9.59 Å². The molecule has 0 bridgehead atoms. The lowest BCUT2D eigenvalue weighted by atomic mass is 10.0. The molecule has 0 heterocycles. The van der Waals surface area contributed by atoms with Crippen LogP contribution in [0.15, 0.2) is 54.1 Å². The normalized spacial score (nSPS) is 10.1. The van der Waals surface area contributed by atoms with Crippen LogP contribution in [0.1, 0.15) is 5.56 Å². The Morgan fingerprint density at radius 1 is 0.947 bits per heavy atom. The van der Waals surface area contributed by atoms with Crippen LogP contribution in [0.3, 0.4) is 0 Å². The Balaban J connectivity index is 2.39. The number of hydrogen-bond acceptors (Lipinski definition) is 2. The molecule has 0 aliphatic rings. The fourth-order valence-electron chi connectivity index (χ4n) is 1.95. The van der Waals surface area contributed by atoms with E-state index < -0.39 is 17.5 Å². The zero-order valence-electron chi connectivity index (χ0n) is 10.0. The van der Waals surface area contributed by atoms with Crippen molar-refractivity contribution in [3.8, 4) is 0 Å². The van der Waals surface area contributed by atoms with Crippen LogP contribution in [0, 0.1) is 0 Å². The Hall–Kier alpha value is -2.62. The summed E-state index contributed by atoms with van der Waals surface area (Å²) in [5, 5.41) is 19.6. The van der Waals surface area contributed by atoms with E-state index in [1.54, 1.807) is 0 Å². The van der Waals surface area contributed by atoms with Gasteiger partial charge in [0.15, 0.2) is 0 Å². The molecule has 0 amide bonds. The first-order chi connectivity index (χ1) is 9.09. The smallest absolute Gasteiger partial charge is 0.342 e. The van der Waals surface area contributed by atoms with Gasteiger partial charge in [-0.1, -0.05) is 48.5 Å². The Morgan fingerprint density at radius 2 is 1.58 bits per heavy atom. The molecule has 0 saturated heterocycles. The highest BCUT2D eigenvalue weighted by Crippen LogP contribution is 2.19. The van der Waals surface area contributed by atoms with Gasteiger partial charge in [-0.05, 0) is 22.8 Å². The number of fused-ring (bicyclic) bond motifs is 1. The SMILES string of the molecule is O=C(O)C(=CCc1cccc2ccccc12)C(=O)O. The van der Waals surface area contributed by atoms with E-state index in [2.05, 4.69) is 0 Å². The summed E-state index contributed by atoms with van der Waals surface area (Å²) in [7, 11) is 0. The molecule has 0 aliphatic heterocycles. The highest BCUT2D eigenvalue weighted by atomic mass is 16.4. The quantitative estimate of drug-likeness (QED) is 0.500. The van der Waals surface area contributed by atoms with Crippen LogP contribution in [-0.4, -0.2) is 22.2 Å². The Labute approximate surface area is 109 Å². The molecule has 0 aliphatic carbocycles. The second-order valence-electron chi connectivity index (χ2n) is 4.07. The molecule has 2 N–H and O–H groups in total. The predicted octanol–water partition coefficient (Wildman–Crippen LogP) is 2.48. The summed E-state index contributed by atoms with van der Waals surface area (Å²) >= 11 is 0. The van der Waals surface area contributed by atoms with Gasteiger partial charge in [0.05, 0.1) is 0 Å². The lowest BCUT2D eigenvalue weighted by molar-refractivity contribution is -0.140. The average Bonchev–Trinajstić information content (AvgIpc) is 2.38. The van der Waals surface area contributed by atoms with Crippen LogP contribution in [0.5, 0.6) is 0 Å². The maximum Gasteiger partial charge on any atom is 0.342 e. The number of carbonyl (C=O) groups is 2. The molecule has 0 unspecified atom stereocenters. The fraction of sp³-hybridized carbons (Fsp3) is 0.0667. The van der Waals surface area contributed by atoms with Crippen molar-refractivity contribution in [2.75, 3.05) is 0 Å². The molecule has 2 rings (SSSR count). The Morgan fingerprint density at radius 3 is 2.26 bits per heavy atom. The first-order valence-electron chi connectivity index (χ1n) is 5.73. The van der Waals surface area contributed by atoms with Crippen LogP contribution in [0.2, 0.25) is 0 Å². The van der Waals surface area contributed by atoms with E-state index in [1.165, 1.54) is 6.08 Å². The predicted molar refractivity (Wildman–Crippen MR) is 71.0 cm³/mol. The number of carboxylic acids is 2.